The molecule has 140 valence electrons. The van der Waals surface area contributed by atoms with E-state index in [1.54, 1.807) is 17.9 Å². The molecule has 1 atom stereocenters. The summed E-state index contributed by atoms with van der Waals surface area (Å²) in [6.45, 7) is 4.09. The molecular weight excluding hydrogens is 346 g/mol. The molecular formula is C20H21N3O4. The Hall–Kier alpha value is -3.22. The predicted molar refractivity (Wildman–Crippen MR) is 103 cm³/mol. The summed E-state index contributed by atoms with van der Waals surface area (Å²) < 4.78 is 0. The number of nitrogens with zero attached hydrogens (tertiary/aromatic N) is 2. The van der Waals surface area contributed by atoms with Crippen molar-refractivity contribution >= 4 is 28.9 Å². The van der Waals surface area contributed by atoms with Gasteiger partial charge < -0.3 is 10.2 Å². The van der Waals surface area contributed by atoms with Crippen molar-refractivity contribution in [3.63, 3.8) is 0 Å². The second kappa shape index (κ2) is 7.57. The van der Waals surface area contributed by atoms with Gasteiger partial charge in [-0.15, -0.1) is 0 Å². The smallest absolute Gasteiger partial charge is 0.271 e. The number of nitro benzene ring substituents is 1. The van der Waals surface area contributed by atoms with E-state index < -0.39 is 10.8 Å². The molecule has 1 aliphatic heterocycles. The third-order valence-electron chi connectivity index (χ3n) is 4.85. The van der Waals surface area contributed by atoms with E-state index in [9.17, 15) is 19.7 Å². The molecule has 1 heterocycles. The maximum atomic E-state index is 12.7. The summed E-state index contributed by atoms with van der Waals surface area (Å²) >= 11 is 0. The largest absolute Gasteiger partial charge is 0.325 e. The normalized spacial score (nSPS) is 16.4. The number of hydrogen-bond donors (Lipinski definition) is 1. The topological polar surface area (TPSA) is 92.6 Å². The molecule has 2 amide bonds. The molecule has 1 unspecified atom stereocenters. The summed E-state index contributed by atoms with van der Waals surface area (Å²) in [5.41, 5.74) is 2.94. The highest BCUT2D eigenvalue weighted by atomic mass is 16.6. The van der Waals surface area contributed by atoms with Crippen molar-refractivity contribution in [1.82, 2.24) is 0 Å². The fraction of sp³-hybridized carbons (Fsp3) is 0.300. The van der Waals surface area contributed by atoms with Crippen molar-refractivity contribution < 1.29 is 14.5 Å². The van der Waals surface area contributed by atoms with E-state index in [-0.39, 0.29) is 23.9 Å². The Kier molecular flexibility index (Phi) is 5.21. The molecule has 3 rings (SSSR count). The van der Waals surface area contributed by atoms with Crippen LogP contribution in [0.15, 0.2) is 42.5 Å². The van der Waals surface area contributed by atoms with E-state index in [2.05, 4.69) is 5.32 Å². The Bertz CT molecular complexity index is 910. The minimum absolute atomic E-state index is 0.0862. The number of amides is 2. The second-order valence-corrected chi connectivity index (χ2v) is 6.63. The number of nitro groups is 1. The van der Waals surface area contributed by atoms with Crippen molar-refractivity contribution in [2.24, 2.45) is 5.92 Å². The van der Waals surface area contributed by atoms with Crippen molar-refractivity contribution in [1.29, 1.82) is 0 Å². The number of non-ortho nitro benzene ring substituents is 1. The van der Waals surface area contributed by atoms with Crippen LogP contribution in [0.4, 0.5) is 17.1 Å². The molecule has 2 aromatic rings. The number of anilines is 2. The Morgan fingerprint density at radius 2 is 2.04 bits per heavy atom. The average molecular weight is 367 g/mol. The van der Waals surface area contributed by atoms with Gasteiger partial charge in [-0.25, -0.2) is 0 Å². The summed E-state index contributed by atoms with van der Waals surface area (Å²) in [5, 5.41) is 13.7. The van der Waals surface area contributed by atoms with Gasteiger partial charge in [0.05, 0.1) is 16.5 Å². The molecule has 0 saturated carbocycles. The predicted octanol–water partition coefficient (Wildman–Crippen LogP) is 3.46. The highest BCUT2D eigenvalue weighted by Crippen LogP contribution is 2.30. The molecule has 7 nitrogen and oxygen atoms in total. The SMILES string of the molecule is CCc1ccccc1N1CC(C(=O)Nc2cc([N+](=O)[O-])ccc2C)CC1=O. The maximum absolute atomic E-state index is 12.7. The molecule has 7 heteroatoms. The van der Waals surface area contributed by atoms with Gasteiger partial charge in [-0.1, -0.05) is 31.2 Å². The lowest BCUT2D eigenvalue weighted by Crippen LogP contribution is -2.28. The summed E-state index contributed by atoms with van der Waals surface area (Å²) in [5.74, 6) is -0.892. The van der Waals surface area contributed by atoms with Crippen LogP contribution in [-0.2, 0) is 16.0 Å². The van der Waals surface area contributed by atoms with Crippen LogP contribution >= 0.6 is 0 Å². The molecule has 1 N–H and O–H groups in total. The number of carbonyl (C=O) groups is 2. The first kappa shape index (κ1) is 18.6. The fourth-order valence-corrected chi connectivity index (χ4v) is 3.28. The Morgan fingerprint density at radius 3 is 2.74 bits per heavy atom. The van der Waals surface area contributed by atoms with Crippen LogP contribution in [0.5, 0.6) is 0 Å². The zero-order valence-corrected chi connectivity index (χ0v) is 15.3. The van der Waals surface area contributed by atoms with Crippen molar-refractivity contribution in [2.45, 2.75) is 26.7 Å². The first-order valence-electron chi connectivity index (χ1n) is 8.85. The minimum atomic E-state index is -0.502. The summed E-state index contributed by atoms with van der Waals surface area (Å²) in [6.07, 6.45) is 0.918. The lowest BCUT2D eigenvalue weighted by atomic mass is 10.1. The van der Waals surface area contributed by atoms with Crippen molar-refractivity contribution in [3.8, 4) is 0 Å². The zero-order chi connectivity index (χ0) is 19.6. The maximum Gasteiger partial charge on any atom is 0.271 e. The molecule has 2 aromatic carbocycles. The molecule has 0 bridgehead atoms. The number of hydrogen-bond acceptors (Lipinski definition) is 4. The molecule has 1 fully saturated rings. The first-order chi connectivity index (χ1) is 12.9. The van der Waals surface area contributed by atoms with Crippen LogP contribution in [0, 0.1) is 23.0 Å². The van der Waals surface area contributed by atoms with Crippen LogP contribution in [-0.4, -0.2) is 23.3 Å². The standard InChI is InChI=1S/C20H21N3O4/c1-3-14-6-4-5-7-18(14)22-12-15(10-19(22)24)20(25)21-17-11-16(23(26)27)9-8-13(17)2/h4-9,11,15H,3,10,12H2,1-2H3,(H,21,25). The van der Waals surface area contributed by atoms with Gasteiger partial charge in [0.25, 0.3) is 5.69 Å². The lowest BCUT2D eigenvalue weighted by molar-refractivity contribution is -0.384. The Morgan fingerprint density at radius 1 is 1.30 bits per heavy atom. The van der Waals surface area contributed by atoms with Gasteiger partial charge in [0.2, 0.25) is 11.8 Å². The van der Waals surface area contributed by atoms with Gasteiger partial charge in [0, 0.05) is 30.8 Å². The van der Waals surface area contributed by atoms with Gasteiger partial charge in [-0.2, -0.15) is 0 Å². The average Bonchev–Trinajstić information content (AvgIpc) is 3.05. The molecule has 1 saturated heterocycles. The summed E-state index contributed by atoms with van der Waals surface area (Å²) in [6, 6.07) is 12.0. The molecule has 1 aliphatic rings. The van der Waals surface area contributed by atoms with Crippen LogP contribution in [0.3, 0.4) is 0 Å². The number of benzene rings is 2. The summed E-state index contributed by atoms with van der Waals surface area (Å²) in [4.78, 5) is 37.2. The Balaban J connectivity index is 1.77. The van der Waals surface area contributed by atoms with Gasteiger partial charge in [0.15, 0.2) is 0 Å². The van der Waals surface area contributed by atoms with E-state index in [1.807, 2.05) is 31.2 Å². The van der Waals surface area contributed by atoms with E-state index in [0.29, 0.717) is 12.2 Å². The van der Waals surface area contributed by atoms with Gasteiger partial charge in [-0.3, -0.25) is 19.7 Å². The third kappa shape index (κ3) is 3.81. The van der Waals surface area contributed by atoms with E-state index in [1.165, 1.54) is 12.1 Å². The molecule has 0 radical (unpaired) electrons. The molecule has 27 heavy (non-hydrogen) atoms. The first-order valence-corrected chi connectivity index (χ1v) is 8.85. The molecule has 0 spiro atoms. The molecule has 0 aromatic heterocycles. The van der Waals surface area contributed by atoms with Crippen LogP contribution in [0.1, 0.15) is 24.5 Å². The monoisotopic (exact) mass is 367 g/mol. The lowest BCUT2D eigenvalue weighted by Gasteiger charge is -2.20. The van der Waals surface area contributed by atoms with E-state index in [4.69, 9.17) is 0 Å². The fourth-order valence-electron chi connectivity index (χ4n) is 3.28. The number of rotatable bonds is 5. The highest BCUT2D eigenvalue weighted by molar-refractivity contribution is 6.04. The quantitative estimate of drug-likeness (QED) is 0.647. The number of aryl methyl sites for hydroxylation is 2. The van der Waals surface area contributed by atoms with Crippen molar-refractivity contribution in [2.75, 3.05) is 16.8 Å². The number of nitrogens with one attached hydrogen (secondary N) is 1. The zero-order valence-electron chi connectivity index (χ0n) is 15.3. The van der Waals surface area contributed by atoms with E-state index in [0.717, 1.165) is 23.2 Å². The van der Waals surface area contributed by atoms with Crippen LogP contribution < -0.4 is 10.2 Å². The minimum Gasteiger partial charge on any atom is -0.325 e. The summed E-state index contributed by atoms with van der Waals surface area (Å²) in [7, 11) is 0. The highest BCUT2D eigenvalue weighted by Gasteiger charge is 2.36. The second-order valence-electron chi connectivity index (χ2n) is 6.63. The van der Waals surface area contributed by atoms with Gasteiger partial charge >= 0.3 is 0 Å². The van der Waals surface area contributed by atoms with Gasteiger partial charge in [-0.05, 0) is 30.5 Å². The van der Waals surface area contributed by atoms with Crippen LogP contribution in [0.25, 0.3) is 0 Å². The van der Waals surface area contributed by atoms with Crippen LogP contribution in [0.2, 0.25) is 0 Å². The number of para-hydroxylation sites is 1. The van der Waals surface area contributed by atoms with Gasteiger partial charge in [0.1, 0.15) is 0 Å². The molecule has 0 aliphatic carbocycles. The van der Waals surface area contributed by atoms with Crippen molar-refractivity contribution in [3.05, 3.63) is 63.7 Å². The number of carbonyl (C=O) groups excluding carboxylic acids is 2. The Labute approximate surface area is 157 Å². The third-order valence-corrected chi connectivity index (χ3v) is 4.85. The van der Waals surface area contributed by atoms with E-state index >= 15 is 0 Å².